The van der Waals surface area contributed by atoms with Gasteiger partial charge in [-0.05, 0) is 79.6 Å². The molecular formula is C56H72N10O9S. The molecule has 0 radical (unpaired) electrons. The summed E-state index contributed by atoms with van der Waals surface area (Å²) in [5.41, 5.74) is 13.4. The van der Waals surface area contributed by atoms with E-state index in [1.807, 2.05) is 75.4 Å². The van der Waals surface area contributed by atoms with E-state index in [1.165, 1.54) is 4.90 Å². The van der Waals surface area contributed by atoms with E-state index in [2.05, 4.69) is 59.9 Å². The van der Waals surface area contributed by atoms with Crippen LogP contribution in [0.3, 0.4) is 0 Å². The van der Waals surface area contributed by atoms with Gasteiger partial charge in [-0.3, -0.25) is 19.2 Å². The van der Waals surface area contributed by atoms with Crippen molar-refractivity contribution >= 4 is 52.2 Å². The summed E-state index contributed by atoms with van der Waals surface area (Å²) < 4.78 is 17.8. The first-order valence-corrected chi connectivity index (χ1v) is 27.1. The number of para-hydroxylation sites is 1. The van der Waals surface area contributed by atoms with Crippen molar-refractivity contribution < 1.29 is 43.6 Å². The average molecular weight is 1060 g/mol. The van der Waals surface area contributed by atoms with E-state index < -0.39 is 29.5 Å². The number of likely N-dealkylation sites (tertiary alicyclic amines) is 1. The second kappa shape index (κ2) is 25.3. The number of hydrogen-bond donors (Lipinski definition) is 5. The molecule has 0 aliphatic carbocycles. The minimum Gasteiger partial charge on any atom is -0.507 e. The molecule has 8 rings (SSSR count). The predicted molar refractivity (Wildman–Crippen MR) is 292 cm³/mol. The molecular weight excluding hydrogens is 989 g/mol. The summed E-state index contributed by atoms with van der Waals surface area (Å²) in [4.78, 5) is 67.3. The number of benzene rings is 3. The van der Waals surface area contributed by atoms with Crippen LogP contribution < -0.4 is 30.9 Å². The standard InChI is InChI=1S/C56H72N10O9S/c1-36(38-12-14-39(15-13-38)51-37(2)58-35-76-51)59-54(71)46-31-42(67)33-66(46)55(72)52(56(3,4)5)60-49(69)20-27-73-29-30-74-28-21-50(70)64-25-23-63(24-26-64)40-16-18-41(19-17-40)65-22-8-9-43(34-65)75-48-32-45(61-62-53(48)57)44-10-6-7-11-47(44)68/h6-7,10-19,32,35-36,42-43,46,52,67-68H,8-9,20-31,33-34H2,1-5H3,(H2,57,62)(H,59,71)(H,60,69). The first-order chi connectivity index (χ1) is 36.5. The van der Waals surface area contributed by atoms with Crippen LogP contribution in [0.25, 0.3) is 21.7 Å². The topological polar surface area (TPSA) is 238 Å². The maximum absolute atomic E-state index is 14.1. The number of aromatic nitrogens is 3. The number of piperazine rings is 1. The number of rotatable bonds is 20. The number of hydrogen-bond acceptors (Lipinski definition) is 16. The number of piperidine rings is 1. The number of phenols is 1. The Hall–Kier alpha value is -6.87. The van der Waals surface area contributed by atoms with Crippen LogP contribution in [0.15, 0.2) is 84.4 Å². The third-order valence-electron chi connectivity index (χ3n) is 14.2. The van der Waals surface area contributed by atoms with Gasteiger partial charge in [0.2, 0.25) is 23.6 Å². The minimum atomic E-state index is -0.953. The van der Waals surface area contributed by atoms with Crippen molar-refractivity contribution in [2.75, 3.05) is 87.8 Å². The van der Waals surface area contributed by atoms with Gasteiger partial charge in [-0.1, -0.05) is 57.2 Å². The van der Waals surface area contributed by atoms with Crippen LogP contribution >= 0.6 is 11.3 Å². The largest absolute Gasteiger partial charge is 0.507 e. The quantitative estimate of drug-likeness (QED) is 0.0584. The number of phenolic OH excluding ortho intramolecular Hbond substituents is 1. The number of ether oxygens (including phenoxy) is 3. The fourth-order valence-corrected chi connectivity index (χ4v) is 10.7. The summed E-state index contributed by atoms with van der Waals surface area (Å²) in [5, 5.41) is 35.1. The summed E-state index contributed by atoms with van der Waals surface area (Å²) in [6.45, 7) is 14.4. The Kier molecular flexibility index (Phi) is 18.4. The van der Waals surface area contributed by atoms with E-state index in [0.29, 0.717) is 49.7 Å². The zero-order valence-corrected chi connectivity index (χ0v) is 45.0. The van der Waals surface area contributed by atoms with Crippen LogP contribution in [0.4, 0.5) is 17.2 Å². The number of thiazole rings is 1. The van der Waals surface area contributed by atoms with Crippen molar-refractivity contribution in [3.8, 4) is 33.2 Å². The van der Waals surface area contributed by atoms with Crippen molar-refractivity contribution in [2.45, 2.75) is 97.1 Å². The second-order valence-corrected chi connectivity index (χ2v) is 21.7. The average Bonchev–Trinajstić information content (AvgIpc) is 4.06. The highest BCUT2D eigenvalue weighted by molar-refractivity contribution is 7.13. The van der Waals surface area contributed by atoms with Crippen molar-refractivity contribution in [2.24, 2.45) is 5.41 Å². The third kappa shape index (κ3) is 14.1. The lowest BCUT2D eigenvalue weighted by Gasteiger charge is -2.37. The van der Waals surface area contributed by atoms with Crippen molar-refractivity contribution in [1.29, 1.82) is 0 Å². The van der Waals surface area contributed by atoms with Gasteiger partial charge in [0.15, 0.2) is 11.6 Å². The number of amides is 4. The highest BCUT2D eigenvalue weighted by Crippen LogP contribution is 2.34. The Bertz CT molecular complexity index is 2760. The molecule has 3 aliphatic heterocycles. The summed E-state index contributed by atoms with van der Waals surface area (Å²) in [6, 6.07) is 22.9. The molecule has 3 aromatic carbocycles. The molecule has 3 fully saturated rings. The summed E-state index contributed by atoms with van der Waals surface area (Å²) in [7, 11) is 0. The highest BCUT2D eigenvalue weighted by atomic mass is 32.1. The Morgan fingerprint density at radius 1 is 0.842 bits per heavy atom. The lowest BCUT2D eigenvalue weighted by Crippen LogP contribution is -2.58. The Morgan fingerprint density at radius 2 is 1.53 bits per heavy atom. The van der Waals surface area contributed by atoms with Crippen LogP contribution in [-0.2, 0) is 28.7 Å². The van der Waals surface area contributed by atoms with Gasteiger partial charge in [-0.15, -0.1) is 21.5 Å². The van der Waals surface area contributed by atoms with E-state index in [1.54, 1.807) is 35.6 Å². The molecule has 6 N–H and O–H groups in total. The third-order valence-corrected chi connectivity index (χ3v) is 15.2. The molecule has 406 valence electrons. The van der Waals surface area contributed by atoms with Crippen LogP contribution in [0, 0.1) is 12.3 Å². The summed E-state index contributed by atoms with van der Waals surface area (Å²) in [5.74, 6) is -0.402. The first-order valence-electron chi connectivity index (χ1n) is 26.2. The highest BCUT2D eigenvalue weighted by Gasteiger charge is 2.45. The Morgan fingerprint density at radius 3 is 2.20 bits per heavy atom. The number of aliphatic hydroxyl groups is 1. The molecule has 0 spiro atoms. The number of nitrogen functional groups attached to an aromatic ring is 1. The minimum absolute atomic E-state index is 0.00132. The van der Waals surface area contributed by atoms with E-state index in [4.69, 9.17) is 19.9 Å². The lowest BCUT2D eigenvalue weighted by atomic mass is 9.85. The number of nitrogens with zero attached hydrogens (tertiary/aromatic N) is 7. The van der Waals surface area contributed by atoms with Gasteiger partial charge < -0.3 is 60.4 Å². The number of carbonyl (C=O) groups is 4. The smallest absolute Gasteiger partial charge is 0.246 e. The second-order valence-electron chi connectivity index (χ2n) is 20.8. The number of aromatic hydroxyl groups is 1. The number of carbonyl (C=O) groups excluding carboxylic acids is 4. The van der Waals surface area contributed by atoms with Crippen LogP contribution in [0.5, 0.6) is 11.5 Å². The normalized spacial score (nSPS) is 18.8. The predicted octanol–water partition coefficient (Wildman–Crippen LogP) is 5.74. The molecule has 5 heterocycles. The molecule has 19 nitrogen and oxygen atoms in total. The SMILES string of the molecule is Cc1ncsc1-c1ccc(C(C)NC(=O)C2CC(O)CN2C(=O)C(NC(=O)CCOCCOCCC(=O)N2CCN(c3ccc(N4CCCC(Oc5cc(-c6ccccc6O)nnc5N)C4)cc3)CC2)C(C)(C)C)cc1. The van der Waals surface area contributed by atoms with Crippen molar-refractivity contribution in [1.82, 2.24) is 35.6 Å². The summed E-state index contributed by atoms with van der Waals surface area (Å²) in [6.07, 6.45) is 1.17. The number of aryl methyl sites for hydroxylation is 1. The fourth-order valence-electron chi connectivity index (χ4n) is 9.89. The molecule has 2 aromatic heterocycles. The zero-order chi connectivity index (χ0) is 53.9. The Labute approximate surface area is 448 Å². The van der Waals surface area contributed by atoms with Gasteiger partial charge in [0, 0.05) is 75.1 Å². The molecule has 0 saturated carbocycles. The van der Waals surface area contributed by atoms with E-state index in [9.17, 15) is 29.4 Å². The lowest BCUT2D eigenvalue weighted by molar-refractivity contribution is -0.144. The van der Waals surface area contributed by atoms with Crippen LogP contribution in [0.2, 0.25) is 0 Å². The molecule has 5 unspecified atom stereocenters. The van der Waals surface area contributed by atoms with Gasteiger partial charge in [0.1, 0.15) is 29.6 Å². The van der Waals surface area contributed by atoms with Crippen LogP contribution in [-0.4, -0.2) is 155 Å². The maximum atomic E-state index is 14.1. The molecule has 76 heavy (non-hydrogen) atoms. The van der Waals surface area contributed by atoms with E-state index in [0.717, 1.165) is 52.5 Å². The zero-order valence-electron chi connectivity index (χ0n) is 44.2. The van der Waals surface area contributed by atoms with Crippen LogP contribution in [0.1, 0.15) is 77.1 Å². The molecule has 20 heteroatoms. The van der Waals surface area contributed by atoms with Gasteiger partial charge in [-0.25, -0.2) is 4.98 Å². The number of anilines is 3. The van der Waals surface area contributed by atoms with Crippen molar-refractivity contribution in [3.63, 3.8) is 0 Å². The number of aliphatic hydroxyl groups excluding tert-OH is 1. The maximum Gasteiger partial charge on any atom is 0.246 e. The van der Waals surface area contributed by atoms with E-state index >= 15 is 0 Å². The number of nitrogens with one attached hydrogen (secondary N) is 2. The number of nitrogens with two attached hydrogens (primary N) is 1. The fraction of sp³-hybridized carbons (Fsp3) is 0.482. The molecule has 4 amide bonds. The number of β-amino-alcohol motifs (C(OH)–C–C–N with tert-alkyl or cyclic N) is 1. The van der Waals surface area contributed by atoms with E-state index in [-0.39, 0.29) is 93.7 Å². The van der Waals surface area contributed by atoms with Gasteiger partial charge in [-0.2, -0.15) is 0 Å². The Balaban J connectivity index is 0.701. The van der Waals surface area contributed by atoms with Gasteiger partial charge >= 0.3 is 0 Å². The molecule has 0 bridgehead atoms. The molecule has 5 atom stereocenters. The van der Waals surface area contributed by atoms with Crippen molar-refractivity contribution in [3.05, 3.63) is 95.6 Å². The monoisotopic (exact) mass is 1060 g/mol. The molecule has 5 aromatic rings. The first kappa shape index (κ1) is 55.4. The summed E-state index contributed by atoms with van der Waals surface area (Å²) >= 11 is 1.57. The van der Waals surface area contributed by atoms with Gasteiger partial charge in [0.05, 0.1) is 67.6 Å². The molecule has 3 aliphatic rings. The van der Waals surface area contributed by atoms with Gasteiger partial charge in [0.25, 0.3) is 0 Å². The molecule has 3 saturated heterocycles.